The van der Waals surface area contributed by atoms with Crippen LogP contribution in [-0.4, -0.2) is 52.5 Å². The molecule has 0 unspecified atom stereocenters. The monoisotopic (exact) mass is 329 g/mol. The molecule has 2 fully saturated rings. The zero-order chi connectivity index (χ0) is 15.6. The molecule has 1 aromatic heterocycles. The Labute approximate surface area is 139 Å². The highest BCUT2D eigenvalue weighted by Gasteiger charge is 2.43. The van der Waals surface area contributed by atoms with Crippen LogP contribution in [0.15, 0.2) is 42.0 Å². The lowest BCUT2D eigenvalue weighted by Gasteiger charge is -2.36. The predicted molar refractivity (Wildman–Crippen MR) is 87.9 cm³/mol. The summed E-state index contributed by atoms with van der Waals surface area (Å²) in [6, 6.07) is 10.3. The average molecular weight is 329 g/mol. The Kier molecular flexibility index (Phi) is 4.11. The Balaban J connectivity index is 1.47. The lowest BCUT2D eigenvalue weighted by Crippen LogP contribution is -2.53. The molecule has 23 heavy (non-hydrogen) atoms. The van der Waals surface area contributed by atoms with E-state index in [4.69, 9.17) is 4.74 Å². The second-order valence-corrected chi connectivity index (χ2v) is 7.06. The minimum Gasteiger partial charge on any atom is -0.365 e. The molecule has 0 radical (unpaired) electrons. The number of carbonyl (C=O) groups is 1. The third-order valence-corrected chi connectivity index (χ3v) is 5.28. The standard InChI is InChI=1S/C17H19N3O2S/c21-17-11-22-16-10-19(8-14-6-18-12-23-14)9-15(16)20(17)7-13-4-2-1-3-5-13/h1-6,12,15-16H,7-11H2/t15-,16-/m1/s1. The number of carbonyl (C=O) groups excluding carboxylic acids is 1. The number of rotatable bonds is 4. The van der Waals surface area contributed by atoms with Crippen LogP contribution in [-0.2, 0) is 22.6 Å². The summed E-state index contributed by atoms with van der Waals surface area (Å²) in [5.74, 6) is 0.0924. The number of thiazole rings is 1. The van der Waals surface area contributed by atoms with Gasteiger partial charge in [-0.1, -0.05) is 30.3 Å². The first-order chi connectivity index (χ1) is 11.3. The van der Waals surface area contributed by atoms with Crippen molar-refractivity contribution in [2.45, 2.75) is 25.2 Å². The maximum absolute atomic E-state index is 12.3. The Morgan fingerprint density at radius 1 is 1.22 bits per heavy atom. The van der Waals surface area contributed by atoms with Gasteiger partial charge < -0.3 is 9.64 Å². The number of fused-ring (bicyclic) bond motifs is 1. The van der Waals surface area contributed by atoms with Crippen LogP contribution in [0.2, 0.25) is 0 Å². The summed E-state index contributed by atoms with van der Waals surface area (Å²) in [7, 11) is 0. The first kappa shape index (κ1) is 14.8. The highest BCUT2D eigenvalue weighted by Crippen LogP contribution is 2.26. The quantitative estimate of drug-likeness (QED) is 0.857. The largest absolute Gasteiger partial charge is 0.365 e. The van der Waals surface area contributed by atoms with E-state index in [9.17, 15) is 4.79 Å². The molecule has 2 aliphatic rings. The molecule has 6 heteroatoms. The van der Waals surface area contributed by atoms with Crippen LogP contribution < -0.4 is 0 Å². The number of likely N-dealkylation sites (tertiary alicyclic amines) is 1. The minimum absolute atomic E-state index is 0.0924. The summed E-state index contributed by atoms with van der Waals surface area (Å²) in [4.78, 5) is 22.1. The molecule has 0 saturated carbocycles. The molecule has 0 spiro atoms. The van der Waals surface area contributed by atoms with Crippen molar-refractivity contribution < 1.29 is 9.53 Å². The van der Waals surface area contributed by atoms with E-state index in [0.29, 0.717) is 6.54 Å². The van der Waals surface area contributed by atoms with Crippen LogP contribution in [0.5, 0.6) is 0 Å². The minimum atomic E-state index is 0.0924. The van der Waals surface area contributed by atoms with Crippen molar-refractivity contribution in [2.24, 2.45) is 0 Å². The number of hydrogen-bond acceptors (Lipinski definition) is 5. The molecular weight excluding hydrogens is 310 g/mol. The van der Waals surface area contributed by atoms with Crippen molar-refractivity contribution in [3.8, 4) is 0 Å². The SMILES string of the molecule is O=C1CO[C@@H]2CN(Cc3cncs3)C[C@H]2N1Cc1ccccc1. The van der Waals surface area contributed by atoms with Gasteiger partial charge in [-0.05, 0) is 5.56 Å². The molecular formula is C17H19N3O2S. The molecule has 3 heterocycles. The van der Waals surface area contributed by atoms with Crippen molar-refractivity contribution in [3.05, 3.63) is 52.5 Å². The maximum atomic E-state index is 12.3. The molecule has 0 N–H and O–H groups in total. The summed E-state index contributed by atoms with van der Waals surface area (Å²) in [5.41, 5.74) is 3.03. The van der Waals surface area contributed by atoms with Gasteiger partial charge in [0.05, 0.1) is 17.7 Å². The first-order valence-electron chi connectivity index (χ1n) is 7.84. The summed E-state index contributed by atoms with van der Waals surface area (Å²) in [6.07, 6.45) is 2.03. The maximum Gasteiger partial charge on any atom is 0.249 e. The van der Waals surface area contributed by atoms with Gasteiger partial charge in [0.1, 0.15) is 6.61 Å². The number of benzene rings is 1. The fraction of sp³-hybridized carbons (Fsp3) is 0.412. The molecule has 1 aromatic carbocycles. The Hall–Kier alpha value is -1.76. The van der Waals surface area contributed by atoms with Crippen molar-refractivity contribution in [2.75, 3.05) is 19.7 Å². The highest BCUT2D eigenvalue weighted by atomic mass is 32.1. The fourth-order valence-electron chi connectivity index (χ4n) is 3.40. The molecule has 2 aromatic rings. The lowest BCUT2D eigenvalue weighted by molar-refractivity contribution is -0.153. The van der Waals surface area contributed by atoms with Gasteiger partial charge in [-0.2, -0.15) is 0 Å². The Morgan fingerprint density at radius 2 is 2.09 bits per heavy atom. The smallest absolute Gasteiger partial charge is 0.249 e. The number of aromatic nitrogens is 1. The number of amides is 1. The van der Waals surface area contributed by atoms with E-state index >= 15 is 0 Å². The molecule has 1 amide bonds. The lowest BCUT2D eigenvalue weighted by atomic mass is 10.1. The van der Waals surface area contributed by atoms with E-state index in [1.807, 2.05) is 34.8 Å². The zero-order valence-electron chi connectivity index (χ0n) is 12.8. The Morgan fingerprint density at radius 3 is 2.87 bits per heavy atom. The van der Waals surface area contributed by atoms with E-state index in [-0.39, 0.29) is 24.7 Å². The Bertz CT molecular complexity index is 662. The summed E-state index contributed by atoms with van der Waals surface area (Å²) in [5, 5.41) is 0. The first-order valence-corrected chi connectivity index (χ1v) is 8.72. The second-order valence-electron chi connectivity index (χ2n) is 6.09. The van der Waals surface area contributed by atoms with E-state index in [2.05, 4.69) is 22.0 Å². The average Bonchev–Trinajstić information content (AvgIpc) is 3.21. The third kappa shape index (κ3) is 3.15. The van der Waals surface area contributed by atoms with Gasteiger partial charge in [0.25, 0.3) is 0 Å². The fourth-order valence-corrected chi connectivity index (χ4v) is 4.03. The molecule has 2 atom stereocenters. The number of hydrogen-bond donors (Lipinski definition) is 0. The van der Waals surface area contributed by atoms with Gasteiger partial charge in [0.15, 0.2) is 0 Å². The van der Waals surface area contributed by atoms with E-state index in [0.717, 1.165) is 19.6 Å². The number of morpholine rings is 1. The molecule has 2 aliphatic heterocycles. The van der Waals surface area contributed by atoms with Crippen LogP contribution >= 0.6 is 11.3 Å². The van der Waals surface area contributed by atoms with Crippen LogP contribution in [0.3, 0.4) is 0 Å². The summed E-state index contributed by atoms with van der Waals surface area (Å²) >= 11 is 1.67. The van der Waals surface area contributed by atoms with Gasteiger partial charge in [-0.3, -0.25) is 14.7 Å². The highest BCUT2D eigenvalue weighted by molar-refractivity contribution is 7.09. The van der Waals surface area contributed by atoms with Gasteiger partial charge in [0.2, 0.25) is 5.91 Å². The predicted octanol–water partition coefficient (Wildman–Crippen LogP) is 1.75. The van der Waals surface area contributed by atoms with Crippen molar-refractivity contribution in [3.63, 3.8) is 0 Å². The van der Waals surface area contributed by atoms with Crippen molar-refractivity contribution >= 4 is 17.2 Å². The number of ether oxygens (including phenoxy) is 1. The molecule has 0 aliphatic carbocycles. The normalized spacial score (nSPS) is 24.9. The second kappa shape index (κ2) is 6.39. The van der Waals surface area contributed by atoms with Crippen LogP contribution in [0.25, 0.3) is 0 Å². The van der Waals surface area contributed by atoms with E-state index in [1.54, 1.807) is 11.3 Å². The summed E-state index contributed by atoms with van der Waals surface area (Å²) in [6.45, 7) is 3.48. The van der Waals surface area contributed by atoms with Gasteiger partial charge in [-0.25, -0.2) is 0 Å². The summed E-state index contributed by atoms with van der Waals surface area (Å²) < 4.78 is 5.79. The molecule has 120 valence electrons. The van der Waals surface area contributed by atoms with Crippen LogP contribution in [0.1, 0.15) is 10.4 Å². The van der Waals surface area contributed by atoms with E-state index < -0.39 is 0 Å². The molecule has 5 nitrogen and oxygen atoms in total. The van der Waals surface area contributed by atoms with Crippen molar-refractivity contribution in [1.82, 2.24) is 14.8 Å². The van der Waals surface area contributed by atoms with Gasteiger partial charge in [-0.15, -0.1) is 11.3 Å². The zero-order valence-corrected chi connectivity index (χ0v) is 13.6. The topological polar surface area (TPSA) is 45.7 Å². The third-order valence-electron chi connectivity index (χ3n) is 4.51. The van der Waals surface area contributed by atoms with Gasteiger partial charge in [0, 0.05) is 37.3 Å². The molecule has 0 bridgehead atoms. The van der Waals surface area contributed by atoms with Crippen LogP contribution in [0, 0.1) is 0 Å². The molecule has 4 rings (SSSR count). The van der Waals surface area contributed by atoms with Crippen LogP contribution in [0.4, 0.5) is 0 Å². The molecule has 2 saturated heterocycles. The van der Waals surface area contributed by atoms with Gasteiger partial charge >= 0.3 is 0 Å². The number of nitrogens with zero attached hydrogens (tertiary/aromatic N) is 3. The van der Waals surface area contributed by atoms with E-state index in [1.165, 1.54) is 10.4 Å². The van der Waals surface area contributed by atoms with Crippen molar-refractivity contribution in [1.29, 1.82) is 0 Å².